The Labute approximate surface area is 96.8 Å². The molecule has 0 saturated carbocycles. The molecule has 0 saturated heterocycles. The topological polar surface area (TPSA) is 27.1 Å². The molecule has 1 aromatic heterocycles. The summed E-state index contributed by atoms with van der Waals surface area (Å²) in [5.74, 6) is 0.872. The van der Waals surface area contributed by atoms with Crippen LogP contribution in [0.4, 0.5) is 0 Å². The van der Waals surface area contributed by atoms with E-state index < -0.39 is 0 Å². The van der Waals surface area contributed by atoms with E-state index in [2.05, 4.69) is 21.0 Å². The first-order valence-electron chi connectivity index (χ1n) is 4.70. The Morgan fingerprint density at radius 2 is 2.27 bits per heavy atom. The molecule has 0 bridgehead atoms. The largest absolute Gasteiger partial charge is 0.492 e. The zero-order valence-corrected chi connectivity index (χ0v) is 9.72. The first-order chi connectivity index (χ1) is 7.34. The first-order valence-corrected chi connectivity index (χ1v) is 5.50. The molecule has 0 aliphatic heterocycles. The summed E-state index contributed by atoms with van der Waals surface area (Å²) in [4.78, 5) is 0. The lowest BCUT2D eigenvalue weighted by molar-refractivity contribution is 0.291. The highest BCUT2D eigenvalue weighted by atomic mass is 79.9. The van der Waals surface area contributed by atoms with E-state index in [4.69, 9.17) is 4.74 Å². The molecule has 0 amide bonds. The predicted octanol–water partition coefficient (Wildman–Crippen LogP) is 2.72. The van der Waals surface area contributed by atoms with Crippen molar-refractivity contribution in [3.8, 4) is 5.75 Å². The summed E-state index contributed by atoms with van der Waals surface area (Å²) in [6.07, 6.45) is 3.68. The normalized spacial score (nSPS) is 10.2. The van der Waals surface area contributed by atoms with E-state index in [-0.39, 0.29) is 0 Å². The molecule has 0 spiro atoms. The quantitative estimate of drug-likeness (QED) is 0.851. The number of hydrogen-bond donors (Lipinski definition) is 0. The molecule has 2 aromatic rings. The average Bonchev–Trinajstić information content (AvgIpc) is 2.71. The summed E-state index contributed by atoms with van der Waals surface area (Å²) in [7, 11) is 0. The number of rotatable bonds is 4. The molecular formula is C11H11BrN2O. The Balaban J connectivity index is 1.83. The first kappa shape index (κ1) is 10.2. The van der Waals surface area contributed by atoms with Crippen LogP contribution >= 0.6 is 15.9 Å². The van der Waals surface area contributed by atoms with Gasteiger partial charge in [0.1, 0.15) is 12.4 Å². The van der Waals surface area contributed by atoms with Crippen molar-refractivity contribution in [3.63, 3.8) is 0 Å². The van der Waals surface area contributed by atoms with Gasteiger partial charge < -0.3 is 4.74 Å². The summed E-state index contributed by atoms with van der Waals surface area (Å²) < 4.78 is 8.44. The zero-order chi connectivity index (χ0) is 10.5. The molecule has 3 nitrogen and oxygen atoms in total. The molecule has 2 rings (SSSR count). The van der Waals surface area contributed by atoms with Crippen molar-refractivity contribution in [2.45, 2.75) is 6.54 Å². The number of ether oxygens (including phenoxy) is 1. The number of halogens is 1. The Bertz CT molecular complexity index is 414. The van der Waals surface area contributed by atoms with Gasteiger partial charge in [-0.05, 0) is 24.3 Å². The van der Waals surface area contributed by atoms with Crippen LogP contribution in [0.2, 0.25) is 0 Å². The maximum atomic E-state index is 5.57. The van der Waals surface area contributed by atoms with E-state index in [1.807, 2.05) is 41.2 Å². The van der Waals surface area contributed by atoms with Crippen LogP contribution in [0.3, 0.4) is 0 Å². The molecule has 0 radical (unpaired) electrons. The average molecular weight is 267 g/mol. The van der Waals surface area contributed by atoms with Gasteiger partial charge in [0, 0.05) is 16.9 Å². The molecule has 1 heterocycles. The SMILES string of the molecule is Brc1cccc(OCCn2cccn2)c1. The Morgan fingerprint density at radius 3 is 3.00 bits per heavy atom. The van der Waals surface area contributed by atoms with Crippen LogP contribution in [0.1, 0.15) is 0 Å². The van der Waals surface area contributed by atoms with Gasteiger partial charge in [-0.15, -0.1) is 0 Å². The summed E-state index contributed by atoms with van der Waals surface area (Å²) in [6.45, 7) is 1.39. The minimum atomic E-state index is 0.623. The molecule has 0 atom stereocenters. The second kappa shape index (κ2) is 4.98. The maximum Gasteiger partial charge on any atom is 0.120 e. The van der Waals surface area contributed by atoms with Crippen LogP contribution in [0.25, 0.3) is 0 Å². The summed E-state index contributed by atoms with van der Waals surface area (Å²) >= 11 is 3.40. The van der Waals surface area contributed by atoms with Crippen molar-refractivity contribution in [2.75, 3.05) is 6.61 Å². The maximum absolute atomic E-state index is 5.57. The zero-order valence-electron chi connectivity index (χ0n) is 8.14. The van der Waals surface area contributed by atoms with Crippen LogP contribution in [0.15, 0.2) is 47.2 Å². The lowest BCUT2D eigenvalue weighted by Gasteiger charge is -2.06. The summed E-state index contributed by atoms with van der Waals surface area (Å²) in [6, 6.07) is 9.71. The van der Waals surface area contributed by atoms with Gasteiger partial charge in [0.15, 0.2) is 0 Å². The van der Waals surface area contributed by atoms with E-state index in [1.165, 1.54) is 0 Å². The lowest BCUT2D eigenvalue weighted by Crippen LogP contribution is -2.08. The highest BCUT2D eigenvalue weighted by Crippen LogP contribution is 2.17. The fourth-order valence-corrected chi connectivity index (χ4v) is 1.62. The third-order valence-corrected chi connectivity index (χ3v) is 2.44. The van der Waals surface area contributed by atoms with Gasteiger partial charge in [-0.25, -0.2) is 0 Å². The van der Waals surface area contributed by atoms with Crippen LogP contribution in [0.5, 0.6) is 5.75 Å². The monoisotopic (exact) mass is 266 g/mol. The minimum Gasteiger partial charge on any atom is -0.492 e. The number of hydrogen-bond acceptors (Lipinski definition) is 2. The second-order valence-corrected chi connectivity index (χ2v) is 3.99. The summed E-state index contributed by atoms with van der Waals surface area (Å²) in [5, 5.41) is 4.09. The van der Waals surface area contributed by atoms with Crippen molar-refractivity contribution in [1.82, 2.24) is 9.78 Å². The Kier molecular flexibility index (Phi) is 3.40. The van der Waals surface area contributed by atoms with Gasteiger partial charge in [-0.3, -0.25) is 4.68 Å². The minimum absolute atomic E-state index is 0.623. The Hall–Kier alpha value is -1.29. The highest BCUT2D eigenvalue weighted by molar-refractivity contribution is 9.10. The van der Waals surface area contributed by atoms with Gasteiger partial charge >= 0.3 is 0 Å². The van der Waals surface area contributed by atoms with Crippen LogP contribution in [0, 0.1) is 0 Å². The molecule has 0 N–H and O–H groups in total. The fourth-order valence-electron chi connectivity index (χ4n) is 1.25. The van der Waals surface area contributed by atoms with Crippen LogP contribution in [-0.4, -0.2) is 16.4 Å². The molecule has 0 fully saturated rings. The molecule has 0 aliphatic carbocycles. The van der Waals surface area contributed by atoms with E-state index in [0.29, 0.717) is 6.61 Å². The van der Waals surface area contributed by atoms with Crippen molar-refractivity contribution in [1.29, 1.82) is 0 Å². The molecule has 0 aliphatic rings. The van der Waals surface area contributed by atoms with Crippen molar-refractivity contribution in [3.05, 3.63) is 47.2 Å². The van der Waals surface area contributed by atoms with Crippen molar-refractivity contribution < 1.29 is 4.74 Å². The third kappa shape index (κ3) is 3.09. The van der Waals surface area contributed by atoms with E-state index in [0.717, 1.165) is 16.8 Å². The smallest absolute Gasteiger partial charge is 0.120 e. The van der Waals surface area contributed by atoms with Gasteiger partial charge in [-0.1, -0.05) is 22.0 Å². The second-order valence-electron chi connectivity index (χ2n) is 3.07. The van der Waals surface area contributed by atoms with Gasteiger partial charge in [0.05, 0.1) is 6.54 Å². The molecule has 78 valence electrons. The summed E-state index contributed by atoms with van der Waals surface area (Å²) in [5.41, 5.74) is 0. The van der Waals surface area contributed by atoms with E-state index in [9.17, 15) is 0 Å². The van der Waals surface area contributed by atoms with E-state index >= 15 is 0 Å². The number of aromatic nitrogens is 2. The van der Waals surface area contributed by atoms with E-state index in [1.54, 1.807) is 6.20 Å². The Morgan fingerprint density at radius 1 is 1.33 bits per heavy atom. The fraction of sp³-hybridized carbons (Fsp3) is 0.182. The molecule has 0 unspecified atom stereocenters. The molecule has 4 heteroatoms. The van der Waals surface area contributed by atoms with Gasteiger partial charge in [-0.2, -0.15) is 5.10 Å². The number of nitrogens with zero attached hydrogens (tertiary/aromatic N) is 2. The third-order valence-electron chi connectivity index (χ3n) is 1.94. The van der Waals surface area contributed by atoms with Crippen LogP contribution in [-0.2, 0) is 6.54 Å². The van der Waals surface area contributed by atoms with Gasteiger partial charge in [0.25, 0.3) is 0 Å². The highest BCUT2D eigenvalue weighted by Gasteiger charge is 1.95. The molecule has 15 heavy (non-hydrogen) atoms. The van der Waals surface area contributed by atoms with Crippen molar-refractivity contribution >= 4 is 15.9 Å². The predicted molar refractivity (Wildman–Crippen MR) is 61.9 cm³/mol. The van der Waals surface area contributed by atoms with Crippen molar-refractivity contribution in [2.24, 2.45) is 0 Å². The lowest BCUT2D eigenvalue weighted by atomic mass is 10.3. The molecule has 1 aromatic carbocycles. The van der Waals surface area contributed by atoms with Gasteiger partial charge in [0.2, 0.25) is 0 Å². The number of benzene rings is 1. The molecular weight excluding hydrogens is 256 g/mol. The standard InChI is InChI=1S/C11H11BrN2O/c12-10-3-1-4-11(9-10)15-8-7-14-6-2-5-13-14/h1-6,9H,7-8H2. The van der Waals surface area contributed by atoms with Crippen LogP contribution < -0.4 is 4.74 Å².